The van der Waals surface area contributed by atoms with Crippen LogP contribution >= 0.6 is 0 Å². The van der Waals surface area contributed by atoms with Crippen LogP contribution in [0.3, 0.4) is 0 Å². The van der Waals surface area contributed by atoms with E-state index in [9.17, 15) is 4.79 Å². The highest BCUT2D eigenvalue weighted by atomic mass is 16.5. The van der Waals surface area contributed by atoms with Gasteiger partial charge >= 0.3 is 0 Å². The van der Waals surface area contributed by atoms with Crippen LogP contribution in [-0.2, 0) is 6.61 Å². The fourth-order valence-electron chi connectivity index (χ4n) is 3.73. The Labute approximate surface area is 161 Å². The summed E-state index contributed by atoms with van der Waals surface area (Å²) in [5, 5.41) is 3.17. The monoisotopic (exact) mass is 367 g/mol. The fraction of sp³-hybridized carbons (Fsp3) is 0.435. The van der Waals surface area contributed by atoms with Crippen LogP contribution in [0.2, 0.25) is 0 Å². The van der Waals surface area contributed by atoms with Gasteiger partial charge in [0.1, 0.15) is 18.1 Å². The second-order valence-corrected chi connectivity index (χ2v) is 7.45. The molecule has 144 valence electrons. The summed E-state index contributed by atoms with van der Waals surface area (Å²) in [6.45, 7) is 4.46. The molecule has 1 saturated carbocycles. The molecule has 0 aliphatic heterocycles. The van der Waals surface area contributed by atoms with E-state index in [1.165, 1.54) is 19.3 Å². The van der Waals surface area contributed by atoms with Crippen molar-refractivity contribution in [3.8, 4) is 11.5 Å². The number of nitrogens with one attached hydrogen (secondary N) is 1. The third-order valence-corrected chi connectivity index (χ3v) is 5.07. The second-order valence-electron chi connectivity index (χ2n) is 7.45. The number of carbonyl (C=O) groups excluding carboxylic acids is 1. The maximum Gasteiger partial charge on any atom is 0.251 e. The standard InChI is InChI=1S/C23H29NO3/c1-16-11-17(2)13-21(12-16)27-15-19-14-18(9-10-22(19)26-3)23(25)24-20-7-5-4-6-8-20/h9-14,20H,4-8,15H2,1-3H3,(H,24,25). The first-order valence-corrected chi connectivity index (χ1v) is 9.74. The van der Waals surface area contributed by atoms with Gasteiger partial charge in [-0.3, -0.25) is 4.79 Å². The van der Waals surface area contributed by atoms with E-state index in [1.54, 1.807) is 7.11 Å². The third-order valence-electron chi connectivity index (χ3n) is 5.07. The van der Waals surface area contributed by atoms with Crippen molar-refractivity contribution in [2.24, 2.45) is 0 Å². The van der Waals surface area contributed by atoms with Gasteiger partial charge in [0.15, 0.2) is 0 Å². The predicted octanol–water partition coefficient (Wildman–Crippen LogP) is 4.95. The zero-order valence-electron chi connectivity index (χ0n) is 16.5. The van der Waals surface area contributed by atoms with Gasteiger partial charge in [0, 0.05) is 17.2 Å². The molecule has 0 saturated heterocycles. The van der Waals surface area contributed by atoms with Crippen molar-refractivity contribution in [3.05, 3.63) is 58.7 Å². The molecular formula is C23H29NO3. The van der Waals surface area contributed by atoms with Crippen LogP contribution in [-0.4, -0.2) is 19.1 Å². The average molecular weight is 367 g/mol. The molecule has 1 aliphatic carbocycles. The first kappa shape index (κ1) is 19.3. The molecule has 1 aliphatic rings. The van der Waals surface area contributed by atoms with Gasteiger partial charge in [-0.05, 0) is 68.1 Å². The molecule has 0 aromatic heterocycles. The van der Waals surface area contributed by atoms with Crippen LogP contribution < -0.4 is 14.8 Å². The lowest BCUT2D eigenvalue weighted by atomic mass is 9.95. The molecule has 2 aromatic carbocycles. The zero-order chi connectivity index (χ0) is 19.2. The fourth-order valence-corrected chi connectivity index (χ4v) is 3.73. The summed E-state index contributed by atoms with van der Waals surface area (Å²) >= 11 is 0. The zero-order valence-corrected chi connectivity index (χ0v) is 16.5. The molecule has 1 amide bonds. The Kier molecular flexibility index (Phi) is 6.38. The minimum atomic E-state index is -0.0165. The van der Waals surface area contributed by atoms with Crippen LogP contribution in [0.25, 0.3) is 0 Å². The summed E-state index contributed by atoms with van der Waals surface area (Å²) in [4.78, 5) is 12.6. The lowest BCUT2D eigenvalue weighted by molar-refractivity contribution is 0.0927. The minimum Gasteiger partial charge on any atom is -0.496 e. The van der Waals surface area contributed by atoms with Gasteiger partial charge in [0.05, 0.1) is 7.11 Å². The van der Waals surface area contributed by atoms with Gasteiger partial charge in [-0.2, -0.15) is 0 Å². The Hall–Kier alpha value is -2.49. The number of carbonyl (C=O) groups is 1. The number of benzene rings is 2. The van der Waals surface area contributed by atoms with Crippen molar-refractivity contribution in [2.75, 3.05) is 7.11 Å². The van der Waals surface area contributed by atoms with E-state index < -0.39 is 0 Å². The SMILES string of the molecule is COc1ccc(C(=O)NC2CCCCC2)cc1COc1cc(C)cc(C)c1. The van der Waals surface area contributed by atoms with Gasteiger partial charge in [-0.25, -0.2) is 0 Å². The van der Waals surface area contributed by atoms with E-state index in [2.05, 4.69) is 25.2 Å². The van der Waals surface area contributed by atoms with Crippen molar-refractivity contribution in [1.82, 2.24) is 5.32 Å². The maximum atomic E-state index is 12.6. The summed E-state index contributed by atoms with van der Waals surface area (Å²) in [5.41, 5.74) is 3.85. The average Bonchev–Trinajstić information content (AvgIpc) is 2.66. The number of hydrogen-bond acceptors (Lipinski definition) is 3. The van der Waals surface area contributed by atoms with Crippen molar-refractivity contribution in [2.45, 2.75) is 58.6 Å². The van der Waals surface area contributed by atoms with E-state index in [0.29, 0.717) is 18.2 Å². The normalized spacial score (nSPS) is 14.6. The number of ether oxygens (including phenoxy) is 2. The van der Waals surface area contributed by atoms with Crippen molar-refractivity contribution >= 4 is 5.91 Å². The van der Waals surface area contributed by atoms with E-state index >= 15 is 0 Å². The van der Waals surface area contributed by atoms with Crippen LogP contribution in [0.1, 0.15) is 59.2 Å². The van der Waals surface area contributed by atoms with Gasteiger partial charge in [0.2, 0.25) is 0 Å². The smallest absolute Gasteiger partial charge is 0.251 e. The topological polar surface area (TPSA) is 47.6 Å². The molecule has 0 radical (unpaired) electrons. The molecule has 2 aromatic rings. The van der Waals surface area contributed by atoms with E-state index in [1.807, 2.05) is 30.3 Å². The Morgan fingerprint density at radius 1 is 1.04 bits per heavy atom. The summed E-state index contributed by atoms with van der Waals surface area (Å²) in [5.74, 6) is 1.54. The van der Waals surface area contributed by atoms with E-state index in [-0.39, 0.29) is 5.91 Å². The van der Waals surface area contributed by atoms with Crippen molar-refractivity contribution in [3.63, 3.8) is 0 Å². The summed E-state index contributed by atoms with van der Waals surface area (Å²) < 4.78 is 11.4. The summed E-state index contributed by atoms with van der Waals surface area (Å²) in [7, 11) is 1.64. The van der Waals surface area contributed by atoms with Crippen molar-refractivity contribution < 1.29 is 14.3 Å². The Morgan fingerprint density at radius 3 is 2.41 bits per heavy atom. The summed E-state index contributed by atoms with van der Waals surface area (Å²) in [6.07, 6.45) is 5.81. The molecule has 0 bridgehead atoms. The number of amides is 1. The van der Waals surface area contributed by atoms with Crippen molar-refractivity contribution in [1.29, 1.82) is 0 Å². The lowest BCUT2D eigenvalue weighted by Gasteiger charge is -2.23. The van der Waals surface area contributed by atoms with Crippen LogP contribution in [0.15, 0.2) is 36.4 Å². The highest BCUT2D eigenvalue weighted by Crippen LogP contribution is 2.24. The Morgan fingerprint density at radius 2 is 1.74 bits per heavy atom. The van der Waals surface area contributed by atoms with Crippen LogP contribution in [0, 0.1) is 13.8 Å². The molecule has 4 nitrogen and oxygen atoms in total. The van der Waals surface area contributed by atoms with Gasteiger partial charge in [-0.15, -0.1) is 0 Å². The van der Waals surface area contributed by atoms with Crippen LogP contribution in [0.4, 0.5) is 0 Å². The summed E-state index contributed by atoms with van der Waals surface area (Å²) in [6, 6.07) is 12.0. The Bertz CT molecular complexity index is 774. The number of aryl methyl sites for hydroxylation is 2. The molecular weight excluding hydrogens is 338 g/mol. The highest BCUT2D eigenvalue weighted by molar-refractivity contribution is 5.94. The van der Waals surface area contributed by atoms with E-state index in [0.717, 1.165) is 41.0 Å². The molecule has 27 heavy (non-hydrogen) atoms. The lowest BCUT2D eigenvalue weighted by Crippen LogP contribution is -2.36. The van der Waals surface area contributed by atoms with Crippen LogP contribution in [0.5, 0.6) is 11.5 Å². The molecule has 0 unspecified atom stereocenters. The largest absolute Gasteiger partial charge is 0.496 e. The number of hydrogen-bond donors (Lipinski definition) is 1. The molecule has 1 fully saturated rings. The molecule has 1 N–H and O–H groups in total. The van der Waals surface area contributed by atoms with Gasteiger partial charge in [-0.1, -0.05) is 25.3 Å². The molecule has 4 heteroatoms. The number of methoxy groups -OCH3 is 1. The second kappa shape index (κ2) is 8.94. The molecule has 3 rings (SSSR count). The highest BCUT2D eigenvalue weighted by Gasteiger charge is 2.17. The first-order chi connectivity index (χ1) is 13.0. The molecule has 0 spiro atoms. The van der Waals surface area contributed by atoms with E-state index in [4.69, 9.17) is 9.47 Å². The first-order valence-electron chi connectivity index (χ1n) is 9.74. The predicted molar refractivity (Wildman–Crippen MR) is 108 cm³/mol. The third kappa shape index (κ3) is 5.25. The molecule has 0 heterocycles. The van der Waals surface area contributed by atoms with Gasteiger partial charge in [0.25, 0.3) is 5.91 Å². The van der Waals surface area contributed by atoms with Gasteiger partial charge < -0.3 is 14.8 Å². The Balaban J connectivity index is 1.71. The maximum absolute atomic E-state index is 12.6. The molecule has 0 atom stereocenters. The quantitative estimate of drug-likeness (QED) is 0.785. The number of rotatable bonds is 6. The minimum absolute atomic E-state index is 0.0165.